The topological polar surface area (TPSA) is 49.9 Å². The lowest BCUT2D eigenvalue weighted by Gasteiger charge is -2.31. The van der Waals surface area contributed by atoms with E-state index in [1.165, 1.54) is 23.0 Å². The molecular formula is C22H26N2O3. The maximum atomic E-state index is 12.9. The number of anilines is 1. The van der Waals surface area contributed by atoms with Gasteiger partial charge in [-0.25, -0.2) is 0 Å². The van der Waals surface area contributed by atoms with Gasteiger partial charge in [-0.1, -0.05) is 36.4 Å². The zero-order valence-corrected chi connectivity index (χ0v) is 16.1. The first-order valence-electron chi connectivity index (χ1n) is 9.34. The van der Waals surface area contributed by atoms with Crippen LogP contribution in [0.1, 0.15) is 31.9 Å². The maximum absolute atomic E-state index is 12.9. The number of carbonyl (C=O) groups is 2. The van der Waals surface area contributed by atoms with Gasteiger partial charge in [0.25, 0.3) is 0 Å². The van der Waals surface area contributed by atoms with Crippen LogP contribution >= 0.6 is 0 Å². The van der Waals surface area contributed by atoms with Gasteiger partial charge in [-0.05, 0) is 43.5 Å². The number of nitrogens with zero attached hydrogens (tertiary/aromatic N) is 2. The minimum absolute atomic E-state index is 0.00989. The first kappa shape index (κ1) is 19.0. The van der Waals surface area contributed by atoms with Gasteiger partial charge in [0.15, 0.2) is 0 Å². The Hall–Kier alpha value is -2.82. The second-order valence-corrected chi connectivity index (χ2v) is 7.07. The Kier molecular flexibility index (Phi) is 5.79. The lowest BCUT2D eigenvalue weighted by atomic mass is 10.00. The van der Waals surface area contributed by atoms with E-state index in [1.54, 1.807) is 0 Å². The van der Waals surface area contributed by atoms with E-state index < -0.39 is 0 Å². The predicted molar refractivity (Wildman–Crippen MR) is 106 cm³/mol. The standard InChI is InChI=1S/C22H26N2O3/c1-16(2)27-21-11-7-6-10-20(21)24(17(3)25)15-22(26)23-13-12-18-8-4-5-9-19(18)14-23/h4-11,16H,12-15H2,1-3H3. The van der Waals surface area contributed by atoms with Crippen LogP contribution in [-0.4, -0.2) is 35.9 Å². The number of benzene rings is 2. The molecule has 0 bridgehead atoms. The fraction of sp³-hybridized carbons (Fsp3) is 0.364. The number of para-hydroxylation sites is 2. The van der Waals surface area contributed by atoms with Crippen molar-refractivity contribution in [3.05, 3.63) is 59.7 Å². The van der Waals surface area contributed by atoms with E-state index in [1.807, 2.05) is 55.1 Å². The van der Waals surface area contributed by atoms with Gasteiger partial charge in [-0.15, -0.1) is 0 Å². The van der Waals surface area contributed by atoms with Gasteiger partial charge >= 0.3 is 0 Å². The lowest BCUT2D eigenvalue weighted by molar-refractivity contribution is -0.132. The molecule has 0 atom stereocenters. The van der Waals surface area contributed by atoms with E-state index in [0.717, 1.165) is 6.42 Å². The molecule has 0 aromatic heterocycles. The molecule has 1 aliphatic rings. The van der Waals surface area contributed by atoms with Gasteiger partial charge in [0.05, 0.1) is 11.8 Å². The van der Waals surface area contributed by atoms with Crippen LogP contribution < -0.4 is 9.64 Å². The molecule has 0 saturated carbocycles. The molecule has 2 aromatic rings. The quantitative estimate of drug-likeness (QED) is 0.815. The Morgan fingerprint density at radius 2 is 1.74 bits per heavy atom. The van der Waals surface area contributed by atoms with E-state index >= 15 is 0 Å². The van der Waals surface area contributed by atoms with Crippen molar-refractivity contribution in [3.8, 4) is 5.75 Å². The van der Waals surface area contributed by atoms with Crippen LogP contribution in [0, 0.1) is 0 Å². The Bertz CT molecular complexity index is 832. The van der Waals surface area contributed by atoms with Crippen LogP contribution in [0.25, 0.3) is 0 Å². The van der Waals surface area contributed by atoms with Crippen LogP contribution in [0.3, 0.4) is 0 Å². The Morgan fingerprint density at radius 3 is 2.44 bits per heavy atom. The monoisotopic (exact) mass is 366 g/mol. The Balaban J connectivity index is 1.78. The number of rotatable bonds is 5. The number of fused-ring (bicyclic) bond motifs is 1. The second-order valence-electron chi connectivity index (χ2n) is 7.07. The minimum atomic E-state index is -0.180. The minimum Gasteiger partial charge on any atom is -0.489 e. The molecule has 2 aromatic carbocycles. The highest BCUT2D eigenvalue weighted by molar-refractivity contribution is 5.98. The third-order valence-corrected chi connectivity index (χ3v) is 4.68. The third-order valence-electron chi connectivity index (χ3n) is 4.68. The van der Waals surface area contributed by atoms with Crippen LogP contribution in [0.2, 0.25) is 0 Å². The molecule has 1 heterocycles. The molecule has 0 N–H and O–H groups in total. The van der Waals surface area contributed by atoms with E-state index in [-0.39, 0.29) is 24.5 Å². The van der Waals surface area contributed by atoms with Gasteiger partial charge in [0.1, 0.15) is 12.3 Å². The van der Waals surface area contributed by atoms with Crippen molar-refractivity contribution in [1.82, 2.24) is 4.90 Å². The summed E-state index contributed by atoms with van der Waals surface area (Å²) >= 11 is 0. The van der Waals surface area contributed by atoms with Crippen molar-refractivity contribution in [2.24, 2.45) is 0 Å². The zero-order valence-electron chi connectivity index (χ0n) is 16.1. The Morgan fingerprint density at radius 1 is 1.07 bits per heavy atom. The first-order chi connectivity index (χ1) is 13.0. The maximum Gasteiger partial charge on any atom is 0.242 e. The average molecular weight is 366 g/mol. The summed E-state index contributed by atoms with van der Waals surface area (Å²) in [5, 5.41) is 0. The zero-order chi connectivity index (χ0) is 19.4. The second kappa shape index (κ2) is 8.25. The largest absolute Gasteiger partial charge is 0.489 e. The molecule has 0 fully saturated rings. The molecule has 0 radical (unpaired) electrons. The van der Waals surface area contributed by atoms with E-state index in [0.29, 0.717) is 24.5 Å². The normalized spacial score (nSPS) is 13.3. The van der Waals surface area contributed by atoms with E-state index in [2.05, 4.69) is 12.1 Å². The molecule has 0 saturated heterocycles. The van der Waals surface area contributed by atoms with Gasteiger partial charge in [0, 0.05) is 20.0 Å². The average Bonchev–Trinajstić information content (AvgIpc) is 2.65. The van der Waals surface area contributed by atoms with Crippen LogP contribution in [0.4, 0.5) is 5.69 Å². The number of ether oxygens (including phenoxy) is 1. The van der Waals surface area contributed by atoms with Crippen LogP contribution in [0.15, 0.2) is 48.5 Å². The summed E-state index contributed by atoms with van der Waals surface area (Å²) in [6.07, 6.45) is 0.823. The fourth-order valence-electron chi connectivity index (χ4n) is 3.34. The van der Waals surface area contributed by atoms with E-state index in [9.17, 15) is 9.59 Å². The summed E-state index contributed by atoms with van der Waals surface area (Å²) in [5.74, 6) is 0.374. The molecule has 5 heteroatoms. The number of amides is 2. The summed E-state index contributed by atoms with van der Waals surface area (Å²) in [5.41, 5.74) is 3.10. The number of hydrogen-bond donors (Lipinski definition) is 0. The van der Waals surface area contributed by atoms with Crippen molar-refractivity contribution in [2.45, 2.75) is 39.8 Å². The third kappa shape index (κ3) is 4.48. The molecule has 3 rings (SSSR count). The molecular weight excluding hydrogens is 340 g/mol. The molecule has 142 valence electrons. The van der Waals surface area contributed by atoms with Gasteiger partial charge < -0.3 is 9.64 Å². The van der Waals surface area contributed by atoms with Crippen molar-refractivity contribution in [3.63, 3.8) is 0 Å². The molecule has 0 spiro atoms. The van der Waals surface area contributed by atoms with Crippen molar-refractivity contribution >= 4 is 17.5 Å². The molecule has 27 heavy (non-hydrogen) atoms. The lowest BCUT2D eigenvalue weighted by Crippen LogP contribution is -2.44. The SMILES string of the molecule is CC(=O)N(CC(=O)N1CCc2ccccc2C1)c1ccccc1OC(C)C. The smallest absolute Gasteiger partial charge is 0.242 e. The van der Waals surface area contributed by atoms with Crippen LogP contribution in [-0.2, 0) is 22.6 Å². The summed E-state index contributed by atoms with van der Waals surface area (Å²) in [6, 6.07) is 15.5. The summed E-state index contributed by atoms with van der Waals surface area (Å²) in [4.78, 5) is 28.5. The molecule has 2 amide bonds. The summed E-state index contributed by atoms with van der Waals surface area (Å²) in [7, 11) is 0. The van der Waals surface area contributed by atoms with Crippen molar-refractivity contribution in [1.29, 1.82) is 0 Å². The van der Waals surface area contributed by atoms with Gasteiger partial charge in [-0.3, -0.25) is 14.5 Å². The van der Waals surface area contributed by atoms with Gasteiger partial charge in [-0.2, -0.15) is 0 Å². The van der Waals surface area contributed by atoms with E-state index in [4.69, 9.17) is 4.74 Å². The number of hydrogen-bond acceptors (Lipinski definition) is 3. The highest BCUT2D eigenvalue weighted by Gasteiger charge is 2.25. The Labute approximate surface area is 160 Å². The molecule has 0 unspecified atom stereocenters. The fourth-order valence-corrected chi connectivity index (χ4v) is 3.34. The number of carbonyl (C=O) groups excluding carboxylic acids is 2. The van der Waals surface area contributed by atoms with Crippen LogP contribution in [0.5, 0.6) is 5.75 Å². The highest BCUT2D eigenvalue weighted by atomic mass is 16.5. The molecule has 1 aliphatic heterocycles. The highest BCUT2D eigenvalue weighted by Crippen LogP contribution is 2.29. The molecule has 0 aliphatic carbocycles. The predicted octanol–water partition coefficient (Wildman–Crippen LogP) is 3.41. The molecule has 5 nitrogen and oxygen atoms in total. The summed E-state index contributed by atoms with van der Waals surface area (Å²) in [6.45, 7) is 6.62. The van der Waals surface area contributed by atoms with Gasteiger partial charge in [0.2, 0.25) is 11.8 Å². The first-order valence-corrected chi connectivity index (χ1v) is 9.34. The van der Waals surface area contributed by atoms with Crippen molar-refractivity contribution < 1.29 is 14.3 Å². The summed E-state index contributed by atoms with van der Waals surface area (Å²) < 4.78 is 5.83. The van der Waals surface area contributed by atoms with Crippen molar-refractivity contribution in [2.75, 3.05) is 18.0 Å².